The molecule has 0 saturated carbocycles. The molecule has 0 bridgehead atoms. The molecule has 0 spiro atoms. The minimum absolute atomic E-state index is 0.0934. The van der Waals surface area contributed by atoms with Gasteiger partial charge < -0.3 is 10.6 Å². The number of amides is 2. The molecule has 30 heavy (non-hydrogen) atoms. The summed E-state index contributed by atoms with van der Waals surface area (Å²) in [5, 5.41) is 5.91. The van der Waals surface area contributed by atoms with Gasteiger partial charge in [0.2, 0.25) is 11.8 Å². The predicted molar refractivity (Wildman–Crippen MR) is 130 cm³/mol. The Bertz CT molecular complexity index is 416. The highest BCUT2D eigenvalue weighted by Crippen LogP contribution is 2.04. The SMILES string of the molecule is CCCCCC/C=C/CCNC(=O)CCCCC(=O)NCC/C=C/CCCCCC. The van der Waals surface area contributed by atoms with Crippen molar-refractivity contribution in [2.45, 2.75) is 117 Å². The van der Waals surface area contributed by atoms with Crippen LogP contribution in [0.2, 0.25) is 0 Å². The second-order valence-corrected chi connectivity index (χ2v) is 8.13. The zero-order chi connectivity index (χ0) is 22.1. The maximum atomic E-state index is 11.8. The van der Waals surface area contributed by atoms with Gasteiger partial charge in [-0.25, -0.2) is 0 Å². The number of carbonyl (C=O) groups excluding carboxylic acids is 2. The molecule has 0 radical (unpaired) electrons. The highest BCUT2D eigenvalue weighted by Gasteiger charge is 2.03. The fraction of sp³-hybridized carbons (Fsp3) is 0.769. The van der Waals surface area contributed by atoms with Crippen molar-refractivity contribution in [3.05, 3.63) is 24.3 Å². The molecule has 0 aliphatic heterocycles. The number of hydrogen-bond donors (Lipinski definition) is 2. The molecule has 0 unspecified atom stereocenters. The van der Waals surface area contributed by atoms with Crippen LogP contribution in [-0.4, -0.2) is 24.9 Å². The van der Waals surface area contributed by atoms with Crippen molar-refractivity contribution in [1.29, 1.82) is 0 Å². The Hall–Kier alpha value is -1.58. The van der Waals surface area contributed by atoms with Crippen molar-refractivity contribution in [3.63, 3.8) is 0 Å². The topological polar surface area (TPSA) is 58.2 Å². The average molecular weight is 421 g/mol. The molecule has 0 aromatic carbocycles. The third kappa shape index (κ3) is 22.7. The van der Waals surface area contributed by atoms with E-state index in [1.807, 2.05) is 0 Å². The van der Waals surface area contributed by atoms with Crippen molar-refractivity contribution in [3.8, 4) is 0 Å². The van der Waals surface area contributed by atoms with E-state index in [1.54, 1.807) is 0 Å². The molecule has 0 aromatic heterocycles. The fourth-order valence-corrected chi connectivity index (χ4v) is 3.19. The maximum Gasteiger partial charge on any atom is 0.220 e. The van der Waals surface area contributed by atoms with Gasteiger partial charge in [0.15, 0.2) is 0 Å². The van der Waals surface area contributed by atoms with E-state index < -0.39 is 0 Å². The van der Waals surface area contributed by atoms with Crippen LogP contribution in [0, 0.1) is 0 Å². The van der Waals surface area contributed by atoms with Gasteiger partial charge in [-0.1, -0.05) is 76.7 Å². The first kappa shape index (κ1) is 28.4. The van der Waals surface area contributed by atoms with Crippen LogP contribution in [-0.2, 0) is 9.59 Å². The molecule has 0 aromatic rings. The first-order chi connectivity index (χ1) is 14.7. The van der Waals surface area contributed by atoms with E-state index >= 15 is 0 Å². The summed E-state index contributed by atoms with van der Waals surface area (Å²) in [6, 6.07) is 0. The number of allylic oxidation sites excluding steroid dienone is 2. The minimum Gasteiger partial charge on any atom is -0.356 e. The normalized spacial score (nSPS) is 11.4. The van der Waals surface area contributed by atoms with E-state index in [4.69, 9.17) is 0 Å². The van der Waals surface area contributed by atoms with Crippen LogP contribution < -0.4 is 10.6 Å². The fourth-order valence-electron chi connectivity index (χ4n) is 3.19. The van der Waals surface area contributed by atoms with Crippen LogP contribution in [0.15, 0.2) is 24.3 Å². The molecule has 0 atom stereocenters. The lowest BCUT2D eigenvalue weighted by Crippen LogP contribution is -2.25. The first-order valence-corrected chi connectivity index (χ1v) is 12.5. The number of carbonyl (C=O) groups is 2. The van der Waals surface area contributed by atoms with E-state index in [0.29, 0.717) is 25.9 Å². The highest BCUT2D eigenvalue weighted by molar-refractivity contribution is 5.77. The number of rotatable bonds is 21. The molecule has 2 amide bonds. The van der Waals surface area contributed by atoms with Gasteiger partial charge in [-0.2, -0.15) is 0 Å². The maximum absolute atomic E-state index is 11.8. The van der Waals surface area contributed by atoms with Crippen molar-refractivity contribution >= 4 is 11.8 Å². The van der Waals surface area contributed by atoms with E-state index in [-0.39, 0.29) is 11.8 Å². The zero-order valence-corrected chi connectivity index (χ0v) is 19.9. The Balaban J connectivity index is 3.42. The van der Waals surface area contributed by atoms with Gasteiger partial charge in [-0.15, -0.1) is 0 Å². The summed E-state index contributed by atoms with van der Waals surface area (Å²) in [5.74, 6) is 0.187. The Kier molecular flexibility index (Phi) is 22.4. The molecule has 174 valence electrons. The Morgan fingerprint density at radius 3 is 1.33 bits per heavy atom. The van der Waals surface area contributed by atoms with Crippen molar-refractivity contribution in [1.82, 2.24) is 10.6 Å². The monoisotopic (exact) mass is 420 g/mol. The van der Waals surface area contributed by atoms with Gasteiger partial charge in [0.05, 0.1) is 0 Å². The lowest BCUT2D eigenvalue weighted by atomic mass is 10.1. The molecule has 0 aliphatic rings. The molecular formula is C26H48N2O2. The first-order valence-electron chi connectivity index (χ1n) is 12.5. The quantitative estimate of drug-likeness (QED) is 0.162. The van der Waals surface area contributed by atoms with E-state index in [9.17, 15) is 9.59 Å². The average Bonchev–Trinajstić information content (AvgIpc) is 2.74. The second kappa shape index (κ2) is 23.7. The Morgan fingerprint density at radius 2 is 0.933 bits per heavy atom. The van der Waals surface area contributed by atoms with Gasteiger partial charge in [-0.05, 0) is 51.4 Å². The van der Waals surface area contributed by atoms with Crippen molar-refractivity contribution < 1.29 is 9.59 Å². The molecular weight excluding hydrogens is 372 g/mol. The Labute approximate surface area is 186 Å². The molecule has 0 aliphatic carbocycles. The van der Waals surface area contributed by atoms with Gasteiger partial charge >= 0.3 is 0 Å². The van der Waals surface area contributed by atoms with Crippen molar-refractivity contribution in [2.75, 3.05) is 13.1 Å². The van der Waals surface area contributed by atoms with E-state index in [0.717, 1.165) is 38.5 Å². The van der Waals surface area contributed by atoms with Crippen LogP contribution >= 0.6 is 0 Å². The molecule has 0 saturated heterocycles. The van der Waals surface area contributed by atoms with Crippen molar-refractivity contribution in [2.24, 2.45) is 0 Å². The zero-order valence-electron chi connectivity index (χ0n) is 19.9. The van der Waals surface area contributed by atoms with Gasteiger partial charge in [-0.3, -0.25) is 9.59 Å². The van der Waals surface area contributed by atoms with Gasteiger partial charge in [0, 0.05) is 25.9 Å². The third-order valence-corrected chi connectivity index (χ3v) is 5.11. The second-order valence-electron chi connectivity index (χ2n) is 8.13. The van der Waals surface area contributed by atoms with Crippen LogP contribution in [0.3, 0.4) is 0 Å². The molecule has 2 N–H and O–H groups in total. The van der Waals surface area contributed by atoms with Crippen LogP contribution in [0.4, 0.5) is 0 Å². The largest absolute Gasteiger partial charge is 0.356 e. The van der Waals surface area contributed by atoms with Gasteiger partial charge in [0.1, 0.15) is 0 Å². The molecule has 4 heteroatoms. The highest BCUT2D eigenvalue weighted by atomic mass is 16.2. The number of unbranched alkanes of at least 4 members (excludes halogenated alkanes) is 9. The summed E-state index contributed by atoms with van der Waals surface area (Å²) in [4.78, 5) is 23.6. The van der Waals surface area contributed by atoms with Crippen LogP contribution in [0.5, 0.6) is 0 Å². The standard InChI is InChI=1S/C26H48N2O2/c1-3-5-7-9-11-13-15-19-23-27-25(29)21-17-18-22-26(30)28-24-20-16-14-12-10-8-6-4-2/h13-16H,3-12,17-24H2,1-2H3,(H,27,29)(H,28,30)/b15-13+,16-14+. The van der Waals surface area contributed by atoms with E-state index in [2.05, 4.69) is 48.8 Å². The van der Waals surface area contributed by atoms with Gasteiger partial charge in [0.25, 0.3) is 0 Å². The van der Waals surface area contributed by atoms with Crippen LogP contribution in [0.25, 0.3) is 0 Å². The predicted octanol–water partition coefficient (Wildman–Crippen LogP) is 6.61. The lowest BCUT2D eigenvalue weighted by Gasteiger charge is -2.05. The summed E-state index contributed by atoms with van der Waals surface area (Å²) in [5.41, 5.74) is 0. The number of hydrogen-bond acceptors (Lipinski definition) is 2. The minimum atomic E-state index is 0.0934. The molecule has 4 nitrogen and oxygen atoms in total. The summed E-state index contributed by atoms with van der Waals surface area (Å²) >= 11 is 0. The number of nitrogens with one attached hydrogen (secondary N) is 2. The molecule has 0 fully saturated rings. The summed E-state index contributed by atoms with van der Waals surface area (Å²) in [7, 11) is 0. The lowest BCUT2D eigenvalue weighted by molar-refractivity contribution is -0.123. The summed E-state index contributed by atoms with van der Waals surface area (Å²) < 4.78 is 0. The van der Waals surface area contributed by atoms with E-state index in [1.165, 1.54) is 51.4 Å². The summed E-state index contributed by atoms with van der Waals surface area (Å²) in [6.07, 6.45) is 25.8. The third-order valence-electron chi connectivity index (χ3n) is 5.11. The molecule has 0 rings (SSSR count). The van der Waals surface area contributed by atoms with Crippen LogP contribution in [0.1, 0.15) is 117 Å². The smallest absolute Gasteiger partial charge is 0.220 e. The molecule has 0 heterocycles. The summed E-state index contributed by atoms with van der Waals surface area (Å²) in [6.45, 7) is 5.86. The Morgan fingerprint density at radius 1 is 0.533 bits per heavy atom.